The molecule has 4 nitrogen and oxygen atoms in total. The van der Waals surface area contributed by atoms with Crippen LogP contribution in [-0.4, -0.2) is 16.0 Å². The van der Waals surface area contributed by atoms with E-state index >= 15 is 0 Å². The molecule has 0 aliphatic carbocycles. The number of carbonyl (C=O) groups is 1. The minimum absolute atomic E-state index is 0.242. The Morgan fingerprint density at radius 3 is 2.80 bits per heavy atom. The summed E-state index contributed by atoms with van der Waals surface area (Å²) in [6.07, 6.45) is 2.52. The number of thiocarbonyl (C=S) groups is 1. The summed E-state index contributed by atoms with van der Waals surface area (Å²) in [5.74, 6) is -0.791. The van der Waals surface area contributed by atoms with E-state index in [0.717, 1.165) is 6.20 Å². The zero-order valence-corrected chi connectivity index (χ0v) is 8.69. The number of nitrogens with one attached hydrogen (secondary N) is 2. The second-order valence-corrected chi connectivity index (χ2v) is 3.83. The molecule has 1 aliphatic rings. The van der Waals surface area contributed by atoms with Crippen LogP contribution in [0.15, 0.2) is 18.5 Å². The molecule has 2 rings (SSSR count). The molecule has 1 amide bonds. The summed E-state index contributed by atoms with van der Waals surface area (Å²) >= 11 is 4.82. The molecule has 0 spiro atoms. The molecule has 0 saturated carbocycles. The highest BCUT2D eigenvalue weighted by atomic mass is 32.1. The van der Waals surface area contributed by atoms with E-state index in [9.17, 15) is 9.18 Å². The molecule has 1 saturated heterocycles. The van der Waals surface area contributed by atoms with Crippen molar-refractivity contribution in [3.05, 3.63) is 29.8 Å². The number of aromatic nitrogens is 1. The summed E-state index contributed by atoms with van der Waals surface area (Å²) in [5.41, 5.74) is -0.591. The van der Waals surface area contributed by atoms with Gasteiger partial charge in [-0.3, -0.25) is 9.78 Å². The number of pyridine rings is 1. The monoisotopic (exact) mass is 225 g/mol. The van der Waals surface area contributed by atoms with Gasteiger partial charge in [-0.15, -0.1) is 0 Å². The molecular weight excluding hydrogens is 217 g/mol. The summed E-state index contributed by atoms with van der Waals surface area (Å²) in [6, 6.07) is 1.26. The van der Waals surface area contributed by atoms with E-state index in [1.54, 1.807) is 6.92 Å². The summed E-state index contributed by atoms with van der Waals surface area (Å²) in [7, 11) is 0. The molecular formula is C9H8FN3OS. The van der Waals surface area contributed by atoms with Gasteiger partial charge in [-0.2, -0.15) is 0 Å². The molecule has 2 N–H and O–H groups in total. The Labute approximate surface area is 90.9 Å². The Morgan fingerprint density at radius 1 is 1.53 bits per heavy atom. The third-order valence-corrected chi connectivity index (χ3v) is 2.53. The number of halogens is 1. The molecule has 6 heteroatoms. The second kappa shape index (κ2) is 3.23. The van der Waals surface area contributed by atoms with E-state index < -0.39 is 11.4 Å². The maximum Gasteiger partial charge on any atom is 0.256 e. The van der Waals surface area contributed by atoms with Crippen LogP contribution in [0.2, 0.25) is 0 Å². The number of hydrogen-bond donors (Lipinski definition) is 2. The fourth-order valence-electron chi connectivity index (χ4n) is 1.43. The van der Waals surface area contributed by atoms with Crippen molar-refractivity contribution in [2.75, 3.05) is 0 Å². The fourth-order valence-corrected chi connectivity index (χ4v) is 1.73. The van der Waals surface area contributed by atoms with Gasteiger partial charge in [0.2, 0.25) is 0 Å². The van der Waals surface area contributed by atoms with Crippen molar-refractivity contribution in [1.29, 1.82) is 0 Å². The van der Waals surface area contributed by atoms with Crippen LogP contribution in [0.1, 0.15) is 12.5 Å². The maximum absolute atomic E-state index is 13.0. The molecule has 15 heavy (non-hydrogen) atoms. The third-order valence-electron chi connectivity index (χ3n) is 2.33. The lowest BCUT2D eigenvalue weighted by Crippen LogP contribution is -2.40. The quantitative estimate of drug-likeness (QED) is 0.681. The van der Waals surface area contributed by atoms with Gasteiger partial charge in [0.05, 0.1) is 6.20 Å². The Hall–Kier alpha value is -1.56. The van der Waals surface area contributed by atoms with Crippen LogP contribution in [0.3, 0.4) is 0 Å². The van der Waals surface area contributed by atoms with Gasteiger partial charge in [0.1, 0.15) is 11.4 Å². The minimum Gasteiger partial charge on any atom is -0.345 e. The average molecular weight is 225 g/mol. The van der Waals surface area contributed by atoms with Gasteiger partial charge in [0.25, 0.3) is 5.91 Å². The van der Waals surface area contributed by atoms with Gasteiger partial charge < -0.3 is 10.6 Å². The SMILES string of the molecule is CC1(c2cncc(F)c2)NC(=S)NC1=O. The minimum atomic E-state index is -1.04. The van der Waals surface area contributed by atoms with Gasteiger partial charge in [-0.1, -0.05) is 0 Å². The molecule has 1 unspecified atom stereocenters. The highest BCUT2D eigenvalue weighted by Crippen LogP contribution is 2.23. The molecule has 0 aromatic carbocycles. The zero-order valence-electron chi connectivity index (χ0n) is 7.87. The number of carbonyl (C=O) groups excluding carboxylic acids is 1. The van der Waals surface area contributed by atoms with Gasteiger partial charge in [0.15, 0.2) is 5.11 Å². The topological polar surface area (TPSA) is 54.0 Å². The van der Waals surface area contributed by atoms with Gasteiger partial charge in [0, 0.05) is 11.8 Å². The van der Waals surface area contributed by atoms with Crippen LogP contribution in [0.5, 0.6) is 0 Å². The Balaban J connectivity index is 2.46. The summed E-state index contributed by atoms with van der Waals surface area (Å²) < 4.78 is 13.0. The maximum atomic E-state index is 13.0. The van der Waals surface area contributed by atoms with Crippen LogP contribution in [0.4, 0.5) is 4.39 Å². The summed E-state index contributed by atoms with van der Waals surface area (Å²) in [5, 5.41) is 5.49. The molecule has 1 aromatic heterocycles. The highest BCUT2D eigenvalue weighted by molar-refractivity contribution is 7.80. The van der Waals surface area contributed by atoms with E-state index in [-0.39, 0.29) is 11.0 Å². The molecule has 78 valence electrons. The zero-order chi connectivity index (χ0) is 11.1. The first-order valence-corrected chi connectivity index (χ1v) is 4.68. The summed E-state index contributed by atoms with van der Waals surface area (Å²) in [4.78, 5) is 15.3. The van der Waals surface area contributed by atoms with E-state index in [1.165, 1.54) is 12.3 Å². The molecule has 1 fully saturated rings. The van der Waals surface area contributed by atoms with E-state index in [4.69, 9.17) is 12.2 Å². The largest absolute Gasteiger partial charge is 0.345 e. The van der Waals surface area contributed by atoms with E-state index in [0.29, 0.717) is 5.56 Å². The van der Waals surface area contributed by atoms with E-state index in [2.05, 4.69) is 15.6 Å². The van der Waals surface area contributed by atoms with Crippen LogP contribution in [-0.2, 0) is 10.3 Å². The highest BCUT2D eigenvalue weighted by Gasteiger charge is 2.42. The first-order chi connectivity index (χ1) is 7.02. The van der Waals surface area contributed by atoms with Crippen molar-refractivity contribution >= 4 is 23.2 Å². The normalized spacial score (nSPS) is 24.9. The molecule has 1 atom stereocenters. The van der Waals surface area contributed by atoms with Crippen molar-refractivity contribution < 1.29 is 9.18 Å². The van der Waals surface area contributed by atoms with Crippen molar-refractivity contribution in [3.8, 4) is 0 Å². The molecule has 1 aliphatic heterocycles. The average Bonchev–Trinajstić information content (AvgIpc) is 2.42. The van der Waals surface area contributed by atoms with Crippen molar-refractivity contribution in [1.82, 2.24) is 15.6 Å². The van der Waals surface area contributed by atoms with Gasteiger partial charge >= 0.3 is 0 Å². The van der Waals surface area contributed by atoms with E-state index in [1.807, 2.05) is 0 Å². The molecule has 0 bridgehead atoms. The first-order valence-electron chi connectivity index (χ1n) is 4.27. The summed E-state index contributed by atoms with van der Waals surface area (Å²) in [6.45, 7) is 1.62. The van der Waals surface area contributed by atoms with Crippen molar-refractivity contribution in [3.63, 3.8) is 0 Å². The lowest BCUT2D eigenvalue weighted by atomic mass is 9.94. The van der Waals surface area contributed by atoms with Crippen LogP contribution >= 0.6 is 12.2 Å². The third kappa shape index (κ3) is 1.56. The first kappa shape index (κ1) is 9.97. The predicted octanol–water partition coefficient (Wildman–Crippen LogP) is 0.440. The molecule has 2 heterocycles. The van der Waals surface area contributed by atoms with Crippen molar-refractivity contribution in [2.24, 2.45) is 0 Å². The van der Waals surface area contributed by atoms with Gasteiger partial charge in [-0.05, 0) is 25.2 Å². The number of hydrogen-bond acceptors (Lipinski definition) is 3. The number of amides is 1. The van der Waals surface area contributed by atoms with Crippen molar-refractivity contribution in [2.45, 2.75) is 12.5 Å². The molecule has 1 aromatic rings. The number of nitrogens with zero attached hydrogens (tertiary/aromatic N) is 1. The Kier molecular flexibility index (Phi) is 2.15. The lowest BCUT2D eigenvalue weighted by molar-refractivity contribution is -0.123. The Morgan fingerprint density at radius 2 is 2.27 bits per heavy atom. The van der Waals surface area contributed by atoms with Crippen LogP contribution in [0.25, 0.3) is 0 Å². The lowest BCUT2D eigenvalue weighted by Gasteiger charge is -2.20. The van der Waals surface area contributed by atoms with Crippen LogP contribution in [0, 0.1) is 5.82 Å². The van der Waals surface area contributed by atoms with Gasteiger partial charge in [-0.25, -0.2) is 4.39 Å². The number of rotatable bonds is 1. The Bertz CT molecular complexity index is 451. The standard InChI is InChI=1S/C9H8FN3OS/c1-9(7(14)12-8(15)13-9)5-2-6(10)4-11-3-5/h2-4H,1H3,(H2,12,13,14,15). The second-order valence-electron chi connectivity index (χ2n) is 3.43. The predicted molar refractivity (Wildman–Crippen MR) is 55.4 cm³/mol. The molecule has 0 radical (unpaired) electrons. The smallest absolute Gasteiger partial charge is 0.256 e. The fraction of sp³-hybridized carbons (Fsp3) is 0.222. The van der Waals surface area contributed by atoms with Crippen LogP contribution < -0.4 is 10.6 Å².